The monoisotopic (exact) mass is 497 g/mol. The molecule has 4 aromatic rings. The summed E-state index contributed by atoms with van der Waals surface area (Å²) in [5.41, 5.74) is 2.30. The van der Waals surface area contributed by atoms with Gasteiger partial charge in [0.1, 0.15) is 34.3 Å². The molecule has 4 aromatic heterocycles. The molecule has 0 saturated heterocycles. The number of hydrogen-bond acceptors (Lipinski definition) is 8. The third-order valence-electron chi connectivity index (χ3n) is 5.44. The third-order valence-corrected chi connectivity index (χ3v) is 6.54. The molecule has 0 spiro atoms. The van der Waals surface area contributed by atoms with Crippen molar-refractivity contribution < 1.29 is 13.9 Å². The van der Waals surface area contributed by atoms with Gasteiger partial charge in [0.2, 0.25) is 4.96 Å². The molecule has 1 aliphatic heterocycles. The number of rotatable bonds is 4. The molecule has 172 valence electrons. The van der Waals surface area contributed by atoms with Crippen molar-refractivity contribution in [3.63, 3.8) is 0 Å². The number of carbonyl (C=O) groups excluding carboxylic acids is 1. The smallest absolute Gasteiger partial charge is 0.261 e. The van der Waals surface area contributed by atoms with Crippen LogP contribution in [0.15, 0.2) is 24.4 Å². The van der Waals surface area contributed by atoms with Crippen LogP contribution >= 0.6 is 22.9 Å². The molecule has 1 amide bonds. The minimum atomic E-state index is -0.827. The number of aromatic nitrogens is 5. The average molecular weight is 498 g/mol. The number of pyridine rings is 2. The fourth-order valence-corrected chi connectivity index (χ4v) is 4.94. The van der Waals surface area contributed by atoms with E-state index in [2.05, 4.69) is 20.1 Å². The zero-order valence-corrected chi connectivity index (χ0v) is 19.7. The van der Waals surface area contributed by atoms with Gasteiger partial charge in [0, 0.05) is 19.2 Å². The first-order valence-electron chi connectivity index (χ1n) is 10.3. The SMILES string of the molecule is Cc1cnc(C2c3c(nc4sc(C)nn34)CCN2C(=O)COc2ccc(C#N)nc2Cl)c(F)c1. The van der Waals surface area contributed by atoms with Crippen molar-refractivity contribution in [1.29, 1.82) is 5.26 Å². The Balaban J connectivity index is 1.51. The Kier molecular flexibility index (Phi) is 5.63. The first-order valence-corrected chi connectivity index (χ1v) is 11.5. The van der Waals surface area contributed by atoms with Crippen LogP contribution in [0.4, 0.5) is 4.39 Å². The molecule has 12 heteroatoms. The lowest BCUT2D eigenvalue weighted by Crippen LogP contribution is -2.44. The molecule has 1 aliphatic rings. The summed E-state index contributed by atoms with van der Waals surface area (Å²) < 4.78 is 22.4. The number of carbonyl (C=O) groups is 1. The molecule has 0 aromatic carbocycles. The lowest BCUT2D eigenvalue weighted by molar-refractivity contribution is -0.135. The van der Waals surface area contributed by atoms with E-state index in [1.165, 1.54) is 34.4 Å². The van der Waals surface area contributed by atoms with Crippen LogP contribution < -0.4 is 4.74 Å². The number of fused-ring (bicyclic) bond motifs is 3. The van der Waals surface area contributed by atoms with Gasteiger partial charge in [-0.1, -0.05) is 22.9 Å². The van der Waals surface area contributed by atoms with Gasteiger partial charge in [-0.25, -0.2) is 18.9 Å². The number of imidazole rings is 1. The van der Waals surface area contributed by atoms with Gasteiger partial charge >= 0.3 is 0 Å². The van der Waals surface area contributed by atoms with E-state index < -0.39 is 11.9 Å². The van der Waals surface area contributed by atoms with Crippen LogP contribution in [0.1, 0.15) is 39.4 Å². The highest BCUT2D eigenvalue weighted by Gasteiger charge is 2.39. The summed E-state index contributed by atoms with van der Waals surface area (Å²) in [5, 5.41) is 14.2. The zero-order valence-electron chi connectivity index (χ0n) is 18.1. The standard InChI is InChI=1S/C22H17ClFN7O2S/c1-11-7-14(24)18(26-9-11)20-19-15(28-22-31(19)29-12(2)34-22)5-6-30(20)17(32)10-33-16-4-3-13(8-25)27-21(16)23/h3-4,7,9,20H,5-6,10H2,1-2H3. The highest BCUT2D eigenvalue weighted by molar-refractivity contribution is 7.16. The van der Waals surface area contributed by atoms with E-state index >= 15 is 4.39 Å². The maximum absolute atomic E-state index is 15.1. The van der Waals surface area contributed by atoms with Gasteiger partial charge in [-0.2, -0.15) is 10.4 Å². The summed E-state index contributed by atoms with van der Waals surface area (Å²) in [6, 6.07) is 5.37. The molecule has 1 unspecified atom stereocenters. The Morgan fingerprint density at radius 1 is 1.38 bits per heavy atom. The van der Waals surface area contributed by atoms with E-state index in [1.807, 2.05) is 13.0 Å². The normalized spacial score (nSPS) is 15.3. The number of hydrogen-bond donors (Lipinski definition) is 0. The van der Waals surface area contributed by atoms with Gasteiger partial charge in [-0.3, -0.25) is 9.78 Å². The van der Waals surface area contributed by atoms with Crippen LogP contribution in [0.2, 0.25) is 5.15 Å². The Bertz CT molecular complexity index is 1480. The first kappa shape index (κ1) is 22.2. The Morgan fingerprint density at radius 2 is 2.21 bits per heavy atom. The summed E-state index contributed by atoms with van der Waals surface area (Å²) in [7, 11) is 0. The topological polar surface area (TPSA) is 109 Å². The van der Waals surface area contributed by atoms with Gasteiger partial charge < -0.3 is 9.64 Å². The molecule has 9 nitrogen and oxygen atoms in total. The van der Waals surface area contributed by atoms with Crippen molar-refractivity contribution in [1.82, 2.24) is 29.5 Å². The Hall–Kier alpha value is -3.62. The minimum absolute atomic E-state index is 0.0222. The number of nitrogens with zero attached hydrogens (tertiary/aromatic N) is 7. The van der Waals surface area contributed by atoms with Crippen molar-refractivity contribution in [3.8, 4) is 11.8 Å². The second kappa shape index (κ2) is 8.62. The summed E-state index contributed by atoms with van der Waals surface area (Å²) in [6.45, 7) is 3.56. The van der Waals surface area contributed by atoms with Crippen LogP contribution in [0.25, 0.3) is 4.96 Å². The molecule has 0 bridgehead atoms. The van der Waals surface area contributed by atoms with Crippen molar-refractivity contribution in [2.45, 2.75) is 26.3 Å². The second-order valence-corrected chi connectivity index (χ2v) is 9.28. The maximum Gasteiger partial charge on any atom is 0.261 e. The largest absolute Gasteiger partial charge is 0.481 e. The van der Waals surface area contributed by atoms with E-state index in [1.54, 1.807) is 17.6 Å². The molecular weight excluding hydrogens is 481 g/mol. The third kappa shape index (κ3) is 3.85. The van der Waals surface area contributed by atoms with Crippen LogP contribution in [-0.2, 0) is 11.2 Å². The lowest BCUT2D eigenvalue weighted by Gasteiger charge is -2.35. The van der Waals surface area contributed by atoms with E-state index in [-0.39, 0.29) is 34.8 Å². The van der Waals surface area contributed by atoms with Gasteiger partial charge in [0.05, 0.1) is 11.4 Å². The van der Waals surface area contributed by atoms with Gasteiger partial charge in [0.25, 0.3) is 5.91 Å². The Morgan fingerprint density at radius 3 is 2.94 bits per heavy atom. The maximum atomic E-state index is 15.1. The number of nitriles is 1. The van der Waals surface area contributed by atoms with Crippen LogP contribution in [0, 0.1) is 31.0 Å². The molecule has 0 N–H and O–H groups in total. The first-order chi connectivity index (χ1) is 16.4. The molecule has 0 fully saturated rings. The number of halogens is 2. The number of amides is 1. The highest BCUT2D eigenvalue weighted by atomic mass is 35.5. The van der Waals surface area contributed by atoms with Crippen molar-refractivity contribution >= 4 is 33.8 Å². The van der Waals surface area contributed by atoms with Crippen LogP contribution in [-0.4, -0.2) is 48.5 Å². The fourth-order valence-electron chi connectivity index (χ4n) is 3.97. The zero-order chi connectivity index (χ0) is 24.0. The van der Waals surface area contributed by atoms with Gasteiger partial charge in [0.15, 0.2) is 17.5 Å². The van der Waals surface area contributed by atoms with Crippen LogP contribution in [0.3, 0.4) is 0 Å². The molecule has 5 rings (SSSR count). The summed E-state index contributed by atoms with van der Waals surface area (Å²) >= 11 is 7.49. The average Bonchev–Trinajstić information content (AvgIpc) is 3.33. The molecular formula is C22H17ClFN7O2S. The molecule has 5 heterocycles. The quantitative estimate of drug-likeness (QED) is 0.397. The van der Waals surface area contributed by atoms with Crippen LogP contribution in [0.5, 0.6) is 5.75 Å². The van der Waals surface area contributed by atoms with E-state index in [9.17, 15) is 4.79 Å². The van der Waals surface area contributed by atoms with Gasteiger partial charge in [-0.05, 0) is 37.6 Å². The minimum Gasteiger partial charge on any atom is -0.481 e. The highest BCUT2D eigenvalue weighted by Crippen LogP contribution is 2.37. The lowest BCUT2D eigenvalue weighted by atomic mass is 9.98. The molecule has 1 atom stereocenters. The predicted molar refractivity (Wildman–Crippen MR) is 121 cm³/mol. The molecule has 0 saturated carbocycles. The number of aryl methyl sites for hydroxylation is 2. The predicted octanol–water partition coefficient (Wildman–Crippen LogP) is 3.41. The fraction of sp³-hybridized carbons (Fsp3) is 0.273. The van der Waals surface area contributed by atoms with E-state index in [0.29, 0.717) is 29.2 Å². The molecule has 0 aliphatic carbocycles. The summed E-state index contributed by atoms with van der Waals surface area (Å²) in [5.74, 6) is -0.734. The second-order valence-electron chi connectivity index (χ2n) is 7.76. The van der Waals surface area contributed by atoms with Crippen molar-refractivity contribution in [3.05, 3.63) is 68.7 Å². The summed E-state index contributed by atoms with van der Waals surface area (Å²) in [6.07, 6.45) is 2.05. The molecule has 34 heavy (non-hydrogen) atoms. The van der Waals surface area contributed by atoms with E-state index in [4.69, 9.17) is 21.6 Å². The van der Waals surface area contributed by atoms with Crippen molar-refractivity contribution in [2.24, 2.45) is 0 Å². The van der Waals surface area contributed by atoms with Crippen molar-refractivity contribution in [2.75, 3.05) is 13.2 Å². The van der Waals surface area contributed by atoms with E-state index in [0.717, 1.165) is 10.7 Å². The Labute approximate surface area is 202 Å². The summed E-state index contributed by atoms with van der Waals surface area (Å²) in [4.78, 5) is 28.4. The number of ether oxygens (including phenoxy) is 1. The van der Waals surface area contributed by atoms with Gasteiger partial charge in [-0.15, -0.1) is 0 Å². The molecule has 0 radical (unpaired) electrons.